The monoisotopic (exact) mass is 408 g/mol. The highest BCUT2D eigenvalue weighted by Crippen LogP contribution is 2.33. The van der Waals surface area contributed by atoms with Gasteiger partial charge >= 0.3 is 5.97 Å². The first-order valence-corrected chi connectivity index (χ1v) is 10.5. The first kappa shape index (κ1) is 20.4. The Hall–Kier alpha value is -2.86. The van der Waals surface area contributed by atoms with Crippen molar-refractivity contribution in [3.05, 3.63) is 65.2 Å². The second-order valence-electron chi connectivity index (χ2n) is 8.16. The van der Waals surface area contributed by atoms with Gasteiger partial charge in [-0.25, -0.2) is 4.79 Å². The van der Waals surface area contributed by atoms with E-state index in [1.165, 1.54) is 0 Å². The Labute approximate surface area is 177 Å². The smallest absolute Gasteiger partial charge is 0.339 e. The van der Waals surface area contributed by atoms with Gasteiger partial charge in [-0.3, -0.25) is 4.79 Å². The van der Waals surface area contributed by atoms with Crippen molar-refractivity contribution in [1.82, 2.24) is 4.90 Å². The van der Waals surface area contributed by atoms with Gasteiger partial charge in [0, 0.05) is 45.0 Å². The molecular weight excluding hydrogens is 380 g/mol. The van der Waals surface area contributed by atoms with Crippen LogP contribution in [0.2, 0.25) is 0 Å². The van der Waals surface area contributed by atoms with Crippen LogP contribution in [0.3, 0.4) is 0 Å². The normalized spacial score (nSPS) is 20.0. The Bertz CT molecular complexity index is 904. The number of ether oxygens (including phenoxy) is 2. The maximum Gasteiger partial charge on any atom is 0.339 e. The van der Waals surface area contributed by atoms with Gasteiger partial charge in [-0.1, -0.05) is 30.3 Å². The summed E-state index contributed by atoms with van der Waals surface area (Å²) in [5, 5.41) is 0. The predicted octanol–water partition coefficient (Wildman–Crippen LogP) is 3.56. The quantitative estimate of drug-likeness (QED) is 0.656. The highest BCUT2D eigenvalue weighted by atomic mass is 16.5. The molecule has 2 aliphatic rings. The first-order valence-electron chi connectivity index (χ1n) is 10.5. The van der Waals surface area contributed by atoms with Gasteiger partial charge in [0.1, 0.15) is 6.10 Å². The fourth-order valence-corrected chi connectivity index (χ4v) is 4.07. The molecule has 0 saturated carbocycles. The van der Waals surface area contributed by atoms with Crippen LogP contribution >= 0.6 is 0 Å². The Balaban J connectivity index is 1.49. The van der Waals surface area contributed by atoms with Crippen LogP contribution in [0.1, 0.15) is 46.9 Å². The molecule has 0 radical (unpaired) electrons. The van der Waals surface area contributed by atoms with Gasteiger partial charge in [-0.15, -0.1) is 0 Å². The van der Waals surface area contributed by atoms with E-state index in [9.17, 15) is 9.59 Å². The van der Waals surface area contributed by atoms with Crippen LogP contribution in [0.4, 0.5) is 5.69 Å². The third-order valence-electron chi connectivity index (χ3n) is 5.76. The molecule has 2 aromatic carbocycles. The van der Waals surface area contributed by atoms with Crippen molar-refractivity contribution in [1.29, 1.82) is 0 Å². The van der Waals surface area contributed by atoms with Crippen molar-refractivity contribution < 1.29 is 19.1 Å². The van der Waals surface area contributed by atoms with E-state index in [1.54, 1.807) is 6.07 Å². The molecule has 0 aromatic heterocycles. The fraction of sp³-hybridized carbons (Fsp3) is 0.417. The number of rotatable bonds is 7. The van der Waals surface area contributed by atoms with Crippen molar-refractivity contribution in [2.45, 2.75) is 38.0 Å². The number of fused-ring (bicyclic) bond motifs is 1. The molecule has 6 heteroatoms. The number of amides is 1. The van der Waals surface area contributed by atoms with Gasteiger partial charge in [-0.2, -0.15) is 0 Å². The molecule has 2 heterocycles. The molecule has 2 unspecified atom stereocenters. The van der Waals surface area contributed by atoms with Crippen molar-refractivity contribution in [2.24, 2.45) is 0 Å². The van der Waals surface area contributed by atoms with E-state index in [0.717, 1.165) is 36.3 Å². The van der Waals surface area contributed by atoms with E-state index < -0.39 is 6.10 Å². The van der Waals surface area contributed by atoms with Crippen LogP contribution in [-0.4, -0.2) is 50.1 Å². The lowest BCUT2D eigenvalue weighted by Gasteiger charge is -2.27. The lowest BCUT2D eigenvalue weighted by Crippen LogP contribution is -2.37. The Kier molecular flexibility index (Phi) is 6.04. The van der Waals surface area contributed by atoms with Gasteiger partial charge in [0.25, 0.3) is 0 Å². The minimum absolute atomic E-state index is 0.0308. The van der Waals surface area contributed by atoms with E-state index in [1.807, 2.05) is 42.1 Å². The molecular formula is C24H28N2O4. The summed E-state index contributed by atoms with van der Waals surface area (Å²) in [4.78, 5) is 29.3. The summed E-state index contributed by atoms with van der Waals surface area (Å²) >= 11 is 0. The van der Waals surface area contributed by atoms with Crippen molar-refractivity contribution in [2.75, 3.05) is 32.1 Å². The highest BCUT2D eigenvalue weighted by molar-refractivity contribution is 5.94. The number of carbonyl (C=O) groups is 2. The van der Waals surface area contributed by atoms with E-state index >= 15 is 0 Å². The maximum absolute atomic E-state index is 13.3. The SMILES string of the molecule is CN(C)c1ccc(CN(CC2CCCO2)C(=O)CC2OC(=O)c3ccccc32)cc1. The second-order valence-corrected chi connectivity index (χ2v) is 8.16. The van der Waals surface area contributed by atoms with Gasteiger partial charge < -0.3 is 19.3 Å². The van der Waals surface area contributed by atoms with Gasteiger partial charge in [0.15, 0.2) is 0 Å². The lowest BCUT2D eigenvalue weighted by atomic mass is 10.0. The zero-order valence-electron chi connectivity index (χ0n) is 17.5. The molecule has 30 heavy (non-hydrogen) atoms. The van der Waals surface area contributed by atoms with Crippen LogP contribution in [0.5, 0.6) is 0 Å². The number of hydrogen-bond acceptors (Lipinski definition) is 5. The van der Waals surface area contributed by atoms with Gasteiger partial charge in [-0.05, 0) is 36.6 Å². The standard InChI is InChI=1S/C24H28N2O4/c1-25(2)18-11-9-17(10-12-18)15-26(16-19-6-5-13-29-19)23(27)14-22-20-7-3-4-8-21(20)24(28)30-22/h3-4,7-12,19,22H,5-6,13-16H2,1-2H3. The fourth-order valence-electron chi connectivity index (χ4n) is 4.07. The number of hydrogen-bond donors (Lipinski definition) is 0. The minimum Gasteiger partial charge on any atom is -0.453 e. The number of nitrogens with zero attached hydrogens (tertiary/aromatic N) is 2. The zero-order valence-corrected chi connectivity index (χ0v) is 17.5. The zero-order chi connectivity index (χ0) is 21.1. The van der Waals surface area contributed by atoms with Crippen molar-refractivity contribution >= 4 is 17.6 Å². The summed E-state index contributed by atoms with van der Waals surface area (Å²) in [7, 11) is 4.01. The number of carbonyl (C=O) groups excluding carboxylic acids is 2. The lowest BCUT2D eigenvalue weighted by molar-refractivity contribution is -0.135. The molecule has 6 nitrogen and oxygen atoms in total. The molecule has 2 aromatic rings. The molecule has 1 fully saturated rings. The Morgan fingerprint density at radius 3 is 2.57 bits per heavy atom. The Morgan fingerprint density at radius 2 is 1.87 bits per heavy atom. The van der Waals surface area contributed by atoms with Crippen LogP contribution in [-0.2, 0) is 20.8 Å². The summed E-state index contributed by atoms with van der Waals surface area (Å²) in [5.41, 5.74) is 3.53. The number of anilines is 1. The van der Waals surface area contributed by atoms with Crippen molar-refractivity contribution in [3.8, 4) is 0 Å². The summed E-state index contributed by atoms with van der Waals surface area (Å²) in [6.45, 7) is 1.81. The molecule has 4 rings (SSSR count). The largest absolute Gasteiger partial charge is 0.453 e. The van der Waals surface area contributed by atoms with Crippen LogP contribution in [0.25, 0.3) is 0 Å². The molecule has 0 bridgehead atoms. The molecule has 0 aliphatic carbocycles. The molecule has 158 valence electrons. The van der Waals surface area contributed by atoms with Crippen molar-refractivity contribution in [3.63, 3.8) is 0 Å². The number of benzene rings is 2. The van der Waals surface area contributed by atoms with E-state index in [0.29, 0.717) is 18.7 Å². The average molecular weight is 408 g/mol. The van der Waals surface area contributed by atoms with Gasteiger partial charge in [0.2, 0.25) is 5.91 Å². The average Bonchev–Trinajstić information content (AvgIpc) is 3.36. The van der Waals surface area contributed by atoms with E-state index in [-0.39, 0.29) is 24.4 Å². The third kappa shape index (κ3) is 4.49. The van der Waals surface area contributed by atoms with Gasteiger partial charge in [0.05, 0.1) is 18.1 Å². The summed E-state index contributed by atoms with van der Waals surface area (Å²) in [5.74, 6) is -0.384. The van der Waals surface area contributed by atoms with Crippen LogP contribution < -0.4 is 4.90 Å². The molecule has 0 N–H and O–H groups in total. The minimum atomic E-state index is -0.524. The van der Waals surface area contributed by atoms with E-state index in [2.05, 4.69) is 24.3 Å². The highest BCUT2D eigenvalue weighted by Gasteiger charge is 2.34. The third-order valence-corrected chi connectivity index (χ3v) is 5.76. The number of esters is 1. The molecule has 2 atom stereocenters. The second kappa shape index (κ2) is 8.88. The van der Waals surface area contributed by atoms with E-state index in [4.69, 9.17) is 9.47 Å². The summed E-state index contributed by atoms with van der Waals surface area (Å²) in [6, 6.07) is 15.5. The maximum atomic E-state index is 13.3. The molecule has 2 aliphatic heterocycles. The summed E-state index contributed by atoms with van der Waals surface area (Å²) in [6.07, 6.45) is 1.67. The first-order chi connectivity index (χ1) is 14.5. The van der Waals surface area contributed by atoms with Crippen LogP contribution in [0, 0.1) is 0 Å². The molecule has 1 amide bonds. The molecule has 1 saturated heterocycles. The predicted molar refractivity (Wildman–Crippen MR) is 114 cm³/mol. The number of cyclic esters (lactones) is 1. The van der Waals surface area contributed by atoms with Crippen LogP contribution in [0.15, 0.2) is 48.5 Å². The molecule has 0 spiro atoms. The summed E-state index contributed by atoms with van der Waals surface area (Å²) < 4.78 is 11.3. The topological polar surface area (TPSA) is 59.1 Å². The Morgan fingerprint density at radius 1 is 1.10 bits per heavy atom.